The molecule has 0 bridgehead atoms. The third kappa shape index (κ3) is 1.81. The molecule has 90 valence electrons. The minimum Gasteiger partial charge on any atom is -0.480 e. The highest BCUT2D eigenvalue weighted by Crippen LogP contribution is 2.29. The largest absolute Gasteiger partial charge is 0.480 e. The first-order valence-corrected chi connectivity index (χ1v) is 5.21. The summed E-state index contributed by atoms with van der Waals surface area (Å²) in [4.78, 5) is 26.1. The number of hydrogen-bond donors (Lipinski definition) is 2. The average Bonchev–Trinajstić information content (AvgIpc) is 2.39. The van der Waals surface area contributed by atoms with Gasteiger partial charge in [0.2, 0.25) is 0 Å². The highest BCUT2D eigenvalue weighted by atomic mass is 16.5. The number of aromatic amines is 1. The Labute approximate surface area is 101 Å². The summed E-state index contributed by atoms with van der Waals surface area (Å²) >= 11 is 0. The van der Waals surface area contributed by atoms with E-state index in [2.05, 4.69) is 20.5 Å². The van der Waals surface area contributed by atoms with Gasteiger partial charge in [-0.05, 0) is 12.1 Å². The highest BCUT2D eigenvalue weighted by Gasteiger charge is 2.17. The highest BCUT2D eigenvalue weighted by molar-refractivity contribution is 5.94. The predicted octanol–water partition coefficient (Wildman–Crippen LogP) is 0.163. The molecule has 0 aliphatic carbocycles. The molecule has 3 heterocycles. The van der Waals surface area contributed by atoms with E-state index in [0.717, 1.165) is 0 Å². The van der Waals surface area contributed by atoms with Crippen LogP contribution in [0, 0.1) is 0 Å². The third-order valence-corrected chi connectivity index (χ3v) is 2.44. The van der Waals surface area contributed by atoms with Gasteiger partial charge < -0.3 is 10.1 Å². The van der Waals surface area contributed by atoms with Crippen LogP contribution in [-0.4, -0.2) is 27.7 Å². The Kier molecular flexibility index (Phi) is 2.30. The quantitative estimate of drug-likeness (QED) is 0.744. The van der Waals surface area contributed by atoms with E-state index in [0.29, 0.717) is 22.8 Å². The van der Waals surface area contributed by atoms with E-state index in [-0.39, 0.29) is 18.1 Å². The number of anilines is 1. The van der Waals surface area contributed by atoms with E-state index in [9.17, 15) is 9.59 Å². The second-order valence-electron chi connectivity index (χ2n) is 3.71. The lowest BCUT2D eigenvalue weighted by Gasteiger charge is -2.17. The molecule has 0 aromatic carbocycles. The van der Waals surface area contributed by atoms with Gasteiger partial charge in [0.1, 0.15) is 0 Å². The van der Waals surface area contributed by atoms with Crippen molar-refractivity contribution < 1.29 is 9.53 Å². The molecule has 7 nitrogen and oxygen atoms in total. The van der Waals surface area contributed by atoms with Crippen LogP contribution < -0.4 is 15.6 Å². The minimum absolute atomic E-state index is 0.0306. The van der Waals surface area contributed by atoms with E-state index < -0.39 is 0 Å². The van der Waals surface area contributed by atoms with Crippen molar-refractivity contribution >= 4 is 11.7 Å². The van der Waals surface area contributed by atoms with Crippen molar-refractivity contribution in [2.75, 3.05) is 11.9 Å². The molecule has 0 radical (unpaired) electrons. The Morgan fingerprint density at radius 1 is 1.28 bits per heavy atom. The maximum Gasteiger partial charge on any atom is 0.264 e. The molecule has 1 aliphatic heterocycles. The summed E-state index contributed by atoms with van der Waals surface area (Å²) in [5.41, 5.74) is 1.000. The number of carbonyl (C=O) groups is 1. The van der Waals surface area contributed by atoms with Crippen molar-refractivity contribution in [1.82, 2.24) is 15.2 Å². The lowest BCUT2D eigenvalue weighted by molar-refractivity contribution is -0.118. The zero-order valence-corrected chi connectivity index (χ0v) is 9.14. The summed E-state index contributed by atoms with van der Waals surface area (Å²) in [5, 5.41) is 8.83. The summed E-state index contributed by atoms with van der Waals surface area (Å²) in [7, 11) is 0. The zero-order valence-electron chi connectivity index (χ0n) is 9.14. The standard InChI is InChI=1S/C11H8N4O3/c16-9-2-1-7(14-15-9)6-3-8-11(12-4-6)13-10(17)5-18-8/h1-4H,5H2,(H,15,16)(H,12,13,17). The van der Waals surface area contributed by atoms with Crippen molar-refractivity contribution in [2.24, 2.45) is 0 Å². The number of pyridine rings is 1. The van der Waals surface area contributed by atoms with E-state index in [1.165, 1.54) is 6.07 Å². The molecule has 0 saturated carbocycles. The molecule has 3 rings (SSSR count). The number of H-pyrrole nitrogens is 1. The molecule has 7 heteroatoms. The number of ether oxygens (including phenoxy) is 1. The molecule has 0 saturated heterocycles. The number of nitrogens with one attached hydrogen (secondary N) is 2. The maximum absolute atomic E-state index is 11.1. The van der Waals surface area contributed by atoms with Crippen molar-refractivity contribution in [3.8, 4) is 17.0 Å². The molecule has 0 fully saturated rings. The topological polar surface area (TPSA) is 97.0 Å². The Bertz CT molecular complexity index is 660. The van der Waals surface area contributed by atoms with Gasteiger partial charge in [0, 0.05) is 17.8 Å². The van der Waals surface area contributed by atoms with Crippen LogP contribution in [0.25, 0.3) is 11.3 Å². The smallest absolute Gasteiger partial charge is 0.264 e. The summed E-state index contributed by atoms with van der Waals surface area (Å²) < 4.78 is 5.25. The molecule has 2 N–H and O–H groups in total. The van der Waals surface area contributed by atoms with Gasteiger partial charge in [-0.1, -0.05) is 0 Å². The number of rotatable bonds is 1. The van der Waals surface area contributed by atoms with E-state index in [1.54, 1.807) is 18.3 Å². The van der Waals surface area contributed by atoms with Gasteiger partial charge in [-0.2, -0.15) is 5.10 Å². The number of fused-ring (bicyclic) bond motifs is 1. The van der Waals surface area contributed by atoms with Gasteiger partial charge in [0.15, 0.2) is 18.2 Å². The van der Waals surface area contributed by atoms with Crippen LogP contribution in [0.2, 0.25) is 0 Å². The fourth-order valence-corrected chi connectivity index (χ4v) is 1.61. The van der Waals surface area contributed by atoms with Crippen LogP contribution in [0.15, 0.2) is 29.2 Å². The number of nitrogens with zero attached hydrogens (tertiary/aromatic N) is 2. The van der Waals surface area contributed by atoms with Crippen molar-refractivity contribution in [2.45, 2.75) is 0 Å². The second-order valence-corrected chi connectivity index (χ2v) is 3.71. The first-order chi connectivity index (χ1) is 8.72. The number of hydrogen-bond acceptors (Lipinski definition) is 5. The predicted molar refractivity (Wildman–Crippen MR) is 62.2 cm³/mol. The second kappa shape index (κ2) is 3.95. The van der Waals surface area contributed by atoms with Gasteiger partial charge in [0.25, 0.3) is 11.5 Å². The Morgan fingerprint density at radius 3 is 2.94 bits per heavy atom. The van der Waals surface area contributed by atoms with Gasteiger partial charge >= 0.3 is 0 Å². The van der Waals surface area contributed by atoms with E-state index in [1.807, 2.05) is 0 Å². The van der Waals surface area contributed by atoms with Crippen molar-refractivity contribution in [3.05, 3.63) is 34.7 Å². The Hall–Kier alpha value is -2.70. The van der Waals surface area contributed by atoms with Crippen molar-refractivity contribution in [3.63, 3.8) is 0 Å². The van der Waals surface area contributed by atoms with Gasteiger partial charge in [-0.15, -0.1) is 0 Å². The summed E-state index contributed by atoms with van der Waals surface area (Å²) in [5.74, 6) is 0.643. The molecular weight excluding hydrogens is 236 g/mol. The molecule has 18 heavy (non-hydrogen) atoms. The number of amides is 1. The molecule has 0 atom stereocenters. The zero-order chi connectivity index (χ0) is 12.5. The molecule has 1 aliphatic rings. The molecule has 2 aromatic heterocycles. The monoisotopic (exact) mass is 244 g/mol. The van der Waals surface area contributed by atoms with Gasteiger partial charge in [0.05, 0.1) is 5.69 Å². The summed E-state index contributed by atoms with van der Waals surface area (Å²) in [6.45, 7) is -0.0306. The number of carbonyl (C=O) groups excluding carboxylic acids is 1. The summed E-state index contributed by atoms with van der Waals surface area (Å²) in [6, 6.07) is 4.68. The lowest BCUT2D eigenvalue weighted by atomic mass is 10.2. The van der Waals surface area contributed by atoms with Crippen LogP contribution in [0.4, 0.5) is 5.82 Å². The van der Waals surface area contributed by atoms with Crippen LogP contribution >= 0.6 is 0 Å². The van der Waals surface area contributed by atoms with E-state index >= 15 is 0 Å². The maximum atomic E-state index is 11.1. The average molecular weight is 244 g/mol. The van der Waals surface area contributed by atoms with Crippen LogP contribution in [0.3, 0.4) is 0 Å². The molecule has 0 unspecified atom stereocenters. The first-order valence-electron chi connectivity index (χ1n) is 5.21. The fourth-order valence-electron chi connectivity index (χ4n) is 1.61. The first kappa shape index (κ1) is 10.5. The minimum atomic E-state index is -0.270. The van der Waals surface area contributed by atoms with Crippen LogP contribution in [-0.2, 0) is 4.79 Å². The fraction of sp³-hybridized carbons (Fsp3) is 0.0909. The third-order valence-electron chi connectivity index (χ3n) is 2.44. The van der Waals surface area contributed by atoms with E-state index in [4.69, 9.17) is 4.74 Å². The van der Waals surface area contributed by atoms with Gasteiger partial charge in [-0.3, -0.25) is 9.59 Å². The molecule has 0 spiro atoms. The van der Waals surface area contributed by atoms with Crippen LogP contribution in [0.5, 0.6) is 5.75 Å². The molecular formula is C11H8N4O3. The normalized spacial score (nSPS) is 13.4. The van der Waals surface area contributed by atoms with Gasteiger partial charge in [-0.25, -0.2) is 10.1 Å². The Morgan fingerprint density at radius 2 is 2.17 bits per heavy atom. The number of aromatic nitrogens is 3. The molecule has 2 aromatic rings. The van der Waals surface area contributed by atoms with Crippen LogP contribution in [0.1, 0.15) is 0 Å². The molecule has 1 amide bonds. The van der Waals surface area contributed by atoms with Crippen molar-refractivity contribution in [1.29, 1.82) is 0 Å². The lowest BCUT2D eigenvalue weighted by Crippen LogP contribution is -2.26. The summed E-state index contributed by atoms with van der Waals surface area (Å²) in [6.07, 6.45) is 1.55. The Balaban J connectivity index is 2.02. The SMILES string of the molecule is O=C1COc2cc(-c3ccc(=O)[nH]n3)cnc2N1.